The van der Waals surface area contributed by atoms with Crippen molar-refractivity contribution in [2.45, 2.75) is 437 Å². The van der Waals surface area contributed by atoms with Crippen molar-refractivity contribution >= 4 is 67.6 Å². The summed E-state index contributed by atoms with van der Waals surface area (Å²) in [6.07, 6.45) is 45.9. The lowest BCUT2D eigenvalue weighted by Gasteiger charge is -2.53. The zero-order valence-electron chi connectivity index (χ0n) is 72.8. The summed E-state index contributed by atoms with van der Waals surface area (Å²) in [5.74, 6) is 2.44. The number of hydrogen-bond acceptors (Lipinski definition) is 15. The Labute approximate surface area is 672 Å². The van der Waals surface area contributed by atoms with Crippen LogP contribution in [0.4, 0.5) is 0 Å². The van der Waals surface area contributed by atoms with E-state index in [-0.39, 0.29) is 30.5 Å². The average Bonchev–Trinajstić information content (AvgIpc) is 0.758. The van der Waals surface area contributed by atoms with Crippen molar-refractivity contribution in [2.24, 2.45) is 0 Å². The van der Waals surface area contributed by atoms with Crippen LogP contribution in [0, 0.1) is 12.3 Å². The molecule has 2 aliphatic rings. The minimum Gasteiger partial charge on any atom is -0.494 e. The van der Waals surface area contributed by atoms with Crippen LogP contribution in [0.1, 0.15) is 284 Å². The van der Waals surface area contributed by atoms with E-state index >= 15 is 0 Å². The number of ketones is 1. The molecule has 2 fully saturated rings. The summed E-state index contributed by atoms with van der Waals surface area (Å²) in [7, 11) is -14.6. The fraction of sp³-hybridized carbons (Fsp3) is 0.807. The van der Waals surface area contributed by atoms with Gasteiger partial charge in [-0.25, -0.2) is 4.79 Å². The van der Waals surface area contributed by atoms with Gasteiger partial charge in [0, 0.05) is 24.0 Å². The maximum atomic E-state index is 14.3. The Morgan fingerprint density at radius 1 is 0.349 bits per heavy atom. The highest BCUT2D eigenvalue weighted by atomic mass is 28.4. The molecule has 21 heteroatoms. The van der Waals surface area contributed by atoms with Crippen molar-refractivity contribution in [1.29, 1.82) is 0 Å². The third-order valence-electron chi connectivity index (χ3n) is 19.6. The second kappa shape index (κ2) is 52.8. The smallest absolute Gasteiger partial charge is 0.338 e. The number of esters is 2. The molecule has 4 rings (SSSR count). The maximum absolute atomic E-state index is 14.3. The summed E-state index contributed by atoms with van der Waals surface area (Å²) in [6, 6.07) is 13.9. The van der Waals surface area contributed by atoms with E-state index in [0.717, 1.165) is 44.3 Å². The van der Waals surface area contributed by atoms with Crippen LogP contribution in [0.3, 0.4) is 0 Å². The van der Waals surface area contributed by atoms with Crippen LogP contribution in [0.15, 0.2) is 48.5 Å². The predicted molar refractivity (Wildman–Crippen MR) is 465 cm³/mol. The van der Waals surface area contributed by atoms with E-state index < -0.39 is 117 Å². The van der Waals surface area contributed by atoms with E-state index in [1.54, 1.807) is 36.4 Å². The van der Waals surface area contributed by atoms with E-state index in [4.69, 9.17) is 61.4 Å². The molecule has 109 heavy (non-hydrogen) atoms. The van der Waals surface area contributed by atoms with Crippen LogP contribution in [0.5, 0.6) is 5.75 Å². The highest BCUT2D eigenvalue weighted by Crippen LogP contribution is 2.40. The number of carbonyl (C=O) groups is 3. The molecule has 2 aromatic rings. The van der Waals surface area contributed by atoms with E-state index in [2.05, 4.69) is 131 Å². The molecular formula is C88H160O15Si6. The van der Waals surface area contributed by atoms with Gasteiger partial charge >= 0.3 is 11.9 Å². The fourth-order valence-corrected chi connectivity index (χ4v) is 20.9. The minimum absolute atomic E-state index is 0.0830. The average molecular weight is 1630 g/mol. The summed E-state index contributed by atoms with van der Waals surface area (Å²) >= 11 is 0. The molecule has 0 radical (unpaired) electrons. The number of unbranched alkanes of at least 4 members (excludes halogenated alkanes) is 36. The monoisotopic (exact) mass is 1630 g/mol. The molecule has 0 aromatic heterocycles. The Hall–Kier alpha value is -2.65. The molecule has 2 aromatic carbocycles. The summed E-state index contributed by atoms with van der Waals surface area (Å²) in [5, 5.41) is 0. The van der Waals surface area contributed by atoms with Gasteiger partial charge in [0.1, 0.15) is 67.8 Å². The third-order valence-corrected chi connectivity index (χ3v) is 25.5. The van der Waals surface area contributed by atoms with Crippen LogP contribution in [0.25, 0.3) is 0 Å². The lowest BCUT2D eigenvalue weighted by Crippen LogP contribution is -2.69. The van der Waals surface area contributed by atoms with Crippen molar-refractivity contribution < 1.29 is 69.4 Å². The second-order valence-electron chi connectivity index (χ2n) is 37.4. The first-order valence-electron chi connectivity index (χ1n) is 43.7. The Kier molecular flexibility index (Phi) is 47.8. The zero-order chi connectivity index (χ0) is 80.4. The Morgan fingerprint density at radius 3 is 0.972 bits per heavy atom. The Balaban J connectivity index is 1.42. The largest absolute Gasteiger partial charge is 0.494 e. The molecule has 0 saturated carbocycles. The molecule has 0 amide bonds. The molecule has 10 atom stereocenters. The van der Waals surface area contributed by atoms with Crippen molar-refractivity contribution in [1.82, 2.24) is 0 Å². The Bertz CT molecular complexity index is 2780. The van der Waals surface area contributed by atoms with E-state index in [9.17, 15) is 14.4 Å². The van der Waals surface area contributed by atoms with E-state index in [1.165, 1.54) is 205 Å². The first-order valence-corrected chi connectivity index (χ1v) is 64.2. The summed E-state index contributed by atoms with van der Waals surface area (Å²) in [5.41, 5.74) is 1.23. The van der Waals surface area contributed by atoms with Crippen LogP contribution >= 0.6 is 0 Å². The van der Waals surface area contributed by atoms with Crippen molar-refractivity contribution in [3.8, 4) is 18.1 Å². The first kappa shape index (κ1) is 98.7. The number of hydrogen-bond donors (Lipinski definition) is 0. The van der Waals surface area contributed by atoms with Crippen LogP contribution < -0.4 is 4.74 Å². The van der Waals surface area contributed by atoms with Gasteiger partial charge in [-0.15, -0.1) is 12.3 Å². The van der Waals surface area contributed by atoms with Crippen molar-refractivity contribution in [2.75, 3.05) is 19.8 Å². The molecule has 626 valence electrons. The van der Waals surface area contributed by atoms with Gasteiger partial charge in [-0.2, -0.15) is 0 Å². The molecule has 0 aliphatic carbocycles. The lowest BCUT2D eigenvalue weighted by atomic mass is 9.98. The number of terminal acetylenes is 1. The molecule has 2 aliphatic heterocycles. The number of ether oxygens (including phenoxy) is 6. The molecule has 0 N–H and O–H groups in total. The number of benzene rings is 2. The fourth-order valence-electron chi connectivity index (χ4n) is 14.4. The molecule has 2 heterocycles. The van der Waals surface area contributed by atoms with Crippen LogP contribution in [-0.2, 0) is 55.0 Å². The first-order chi connectivity index (χ1) is 51.5. The molecule has 0 unspecified atom stereocenters. The third kappa shape index (κ3) is 45.4. The SMILES string of the molecule is C#CCCCCCCCCCCCCCCCCCCCCOc1ccc(C(=O)c2ccc(C(=O)OC[C@H]3O[C@H](O[C@H]4O[C@H](COC(=O)CCCCCCCCCCCCCCCCCCCCC)[C@@H](O[Si](C)(C)C)[C@H](O[Si](C)(C)C)[C@H]4O[Si](C)(C)C)[C@H](O[Si](C)(C)C)[C@@H](O[Si](C)(C)C)[C@@H]3O[Si](C)(C)C)cc2)cc1. The highest BCUT2D eigenvalue weighted by molar-refractivity contribution is 6.71. The Morgan fingerprint density at radius 2 is 0.633 bits per heavy atom. The van der Waals surface area contributed by atoms with Crippen LogP contribution in [-0.4, -0.2) is 149 Å². The standard InChI is InChI=1S/C88H160O15Si6/c1-21-23-25-27-29-31-33-35-37-39-41-43-45-47-49-51-53-55-57-59-69-92-75-67-65-73(66-68-75)79(90)72-61-63-74(64-62-72)86(91)94-71-77-81(99-105(6,7)8)83(101-107(12,13)14)85(103-109(18,19)20)88(96-77)97-87-84(102-108(15,16)17)82(100-106(9,10)11)80(98-104(3,4)5)76(95-87)70-93-78(89)60-58-56-54-52-50-48-46-44-42-40-38-36-34-32-30-28-26-24-22-2/h1,61-68,76-77,80-85,87-88H,22-60,69-71H2,2-20H3/t76-,77-,80-,81-,82+,83+,84-,85-,87-,88-/m1/s1. The second-order valence-corrected chi connectivity index (χ2v) is 64.1. The number of rotatable bonds is 62. The van der Waals surface area contributed by atoms with Crippen LogP contribution in [0.2, 0.25) is 118 Å². The lowest BCUT2D eigenvalue weighted by molar-refractivity contribution is -0.368. The topological polar surface area (TPSA) is 162 Å². The maximum Gasteiger partial charge on any atom is 0.338 e. The molecule has 0 spiro atoms. The van der Waals surface area contributed by atoms with Crippen molar-refractivity contribution in [3.63, 3.8) is 0 Å². The highest BCUT2D eigenvalue weighted by Gasteiger charge is 2.57. The normalized spacial score (nSPS) is 21.0. The molecular weight excluding hydrogens is 1470 g/mol. The van der Waals surface area contributed by atoms with Gasteiger partial charge < -0.3 is 55.0 Å². The quantitative estimate of drug-likeness (QED) is 0.0202. The molecule has 15 nitrogen and oxygen atoms in total. The minimum atomic E-state index is -2.47. The van der Waals surface area contributed by atoms with Gasteiger partial charge in [0.25, 0.3) is 0 Å². The summed E-state index contributed by atoms with van der Waals surface area (Å²) in [6.45, 7) is 41.1. The summed E-state index contributed by atoms with van der Waals surface area (Å²) < 4.78 is 83.7. The zero-order valence-corrected chi connectivity index (χ0v) is 78.8. The number of carbonyl (C=O) groups excluding carboxylic acids is 3. The molecule has 2 saturated heterocycles. The van der Waals surface area contributed by atoms with Gasteiger partial charge in [-0.3, -0.25) is 9.59 Å². The van der Waals surface area contributed by atoms with Gasteiger partial charge in [0.05, 0.1) is 12.2 Å². The van der Waals surface area contributed by atoms with E-state index in [1.807, 2.05) is 12.1 Å². The predicted octanol–water partition coefficient (Wildman–Crippen LogP) is 24.7. The van der Waals surface area contributed by atoms with Crippen molar-refractivity contribution in [3.05, 3.63) is 65.2 Å². The molecule has 0 bridgehead atoms. The van der Waals surface area contributed by atoms with Gasteiger partial charge in [0.15, 0.2) is 68.3 Å². The van der Waals surface area contributed by atoms with Gasteiger partial charge in [0.2, 0.25) is 0 Å². The van der Waals surface area contributed by atoms with E-state index in [0.29, 0.717) is 24.2 Å². The summed E-state index contributed by atoms with van der Waals surface area (Å²) in [4.78, 5) is 42.1. The van der Waals surface area contributed by atoms with Gasteiger partial charge in [-0.05, 0) is 174 Å². The van der Waals surface area contributed by atoms with Gasteiger partial charge in [-0.1, -0.05) is 237 Å².